The van der Waals surface area contributed by atoms with Crippen molar-refractivity contribution in [2.24, 2.45) is 0 Å². The zero-order valence-corrected chi connectivity index (χ0v) is 16.8. The van der Waals surface area contributed by atoms with Crippen molar-refractivity contribution in [2.75, 3.05) is 25.6 Å². The first-order valence-corrected chi connectivity index (χ1v) is 9.78. The molecule has 8 heteroatoms. The number of nitrogens with one attached hydrogen (secondary N) is 3. The van der Waals surface area contributed by atoms with E-state index in [4.69, 9.17) is 9.47 Å². The Kier molecular flexibility index (Phi) is 7.40. The van der Waals surface area contributed by atoms with E-state index in [2.05, 4.69) is 16.0 Å². The summed E-state index contributed by atoms with van der Waals surface area (Å²) in [6, 6.07) is 13.9. The molecule has 0 unspecified atom stereocenters. The smallest absolute Gasteiger partial charge is 0.313 e. The standard InChI is InChI=1S/C22H25N3O5/c1-29-19-11-5-2-7-15(19)13-23-20(26)17-9-3-4-10-18(17)25-22(28)21(27)24-14-16-8-6-12-30-16/h2-5,7,9-11,16H,6,8,12-14H2,1H3,(H,23,26)(H,24,27)(H,25,28)/t16-/m1/s1. The van der Waals surface area contributed by atoms with E-state index in [0.717, 1.165) is 18.4 Å². The molecule has 1 fully saturated rings. The largest absolute Gasteiger partial charge is 0.496 e. The van der Waals surface area contributed by atoms with Gasteiger partial charge in [0.05, 0.1) is 24.5 Å². The Morgan fingerprint density at radius 2 is 1.80 bits per heavy atom. The molecule has 3 N–H and O–H groups in total. The van der Waals surface area contributed by atoms with Crippen LogP contribution in [-0.2, 0) is 20.9 Å². The molecule has 30 heavy (non-hydrogen) atoms. The molecule has 0 saturated carbocycles. The third kappa shape index (κ3) is 5.57. The van der Waals surface area contributed by atoms with Gasteiger partial charge in [-0.2, -0.15) is 0 Å². The van der Waals surface area contributed by atoms with Gasteiger partial charge in [-0.3, -0.25) is 14.4 Å². The monoisotopic (exact) mass is 411 g/mol. The van der Waals surface area contributed by atoms with Gasteiger partial charge in [-0.05, 0) is 31.0 Å². The molecule has 1 aliphatic heterocycles. The topological polar surface area (TPSA) is 106 Å². The van der Waals surface area contributed by atoms with Crippen LogP contribution in [0.25, 0.3) is 0 Å². The van der Waals surface area contributed by atoms with Gasteiger partial charge in [0.25, 0.3) is 5.91 Å². The molecule has 0 spiro atoms. The molecule has 1 atom stereocenters. The minimum atomic E-state index is -0.835. The first kappa shape index (κ1) is 21.3. The van der Waals surface area contributed by atoms with Crippen molar-refractivity contribution in [1.82, 2.24) is 10.6 Å². The van der Waals surface area contributed by atoms with Gasteiger partial charge >= 0.3 is 11.8 Å². The van der Waals surface area contributed by atoms with Crippen LogP contribution < -0.4 is 20.7 Å². The molecule has 0 radical (unpaired) electrons. The summed E-state index contributed by atoms with van der Waals surface area (Å²) in [5.41, 5.74) is 1.34. The first-order valence-electron chi connectivity index (χ1n) is 9.78. The van der Waals surface area contributed by atoms with E-state index < -0.39 is 11.8 Å². The molecule has 2 aromatic carbocycles. The van der Waals surface area contributed by atoms with Crippen LogP contribution in [0, 0.1) is 0 Å². The summed E-state index contributed by atoms with van der Waals surface area (Å²) in [5.74, 6) is -1.31. The number of para-hydroxylation sites is 2. The fraction of sp³-hybridized carbons (Fsp3) is 0.318. The summed E-state index contributed by atoms with van der Waals surface area (Å²) in [6.45, 7) is 1.21. The van der Waals surface area contributed by atoms with E-state index >= 15 is 0 Å². The second-order valence-corrected chi connectivity index (χ2v) is 6.84. The van der Waals surface area contributed by atoms with E-state index in [-0.39, 0.29) is 36.4 Å². The summed E-state index contributed by atoms with van der Waals surface area (Å²) < 4.78 is 10.7. The van der Waals surface area contributed by atoms with Crippen molar-refractivity contribution in [3.63, 3.8) is 0 Å². The highest BCUT2D eigenvalue weighted by atomic mass is 16.5. The normalized spacial score (nSPS) is 15.3. The lowest BCUT2D eigenvalue weighted by molar-refractivity contribution is -0.136. The lowest BCUT2D eigenvalue weighted by atomic mass is 10.1. The fourth-order valence-electron chi connectivity index (χ4n) is 3.18. The van der Waals surface area contributed by atoms with Crippen LogP contribution in [0.1, 0.15) is 28.8 Å². The number of anilines is 1. The maximum absolute atomic E-state index is 12.7. The van der Waals surface area contributed by atoms with Crippen LogP contribution >= 0.6 is 0 Å². The molecule has 3 amide bonds. The highest BCUT2D eigenvalue weighted by Crippen LogP contribution is 2.18. The average molecular weight is 411 g/mol. The first-order chi connectivity index (χ1) is 14.6. The predicted octanol–water partition coefficient (Wildman–Crippen LogP) is 1.86. The number of methoxy groups -OCH3 is 1. The number of carbonyl (C=O) groups is 3. The number of benzene rings is 2. The van der Waals surface area contributed by atoms with Gasteiger partial charge in [0, 0.05) is 25.3 Å². The third-order valence-corrected chi connectivity index (χ3v) is 4.77. The molecular weight excluding hydrogens is 386 g/mol. The van der Waals surface area contributed by atoms with E-state index in [1.165, 1.54) is 0 Å². The van der Waals surface area contributed by atoms with Crippen molar-refractivity contribution in [1.29, 1.82) is 0 Å². The van der Waals surface area contributed by atoms with Gasteiger partial charge in [0.2, 0.25) is 0 Å². The highest BCUT2D eigenvalue weighted by Gasteiger charge is 2.21. The van der Waals surface area contributed by atoms with Crippen molar-refractivity contribution >= 4 is 23.4 Å². The number of amides is 3. The highest BCUT2D eigenvalue weighted by molar-refractivity contribution is 6.40. The number of rotatable bonds is 7. The molecule has 3 rings (SSSR count). The Hall–Kier alpha value is -3.39. The van der Waals surface area contributed by atoms with Crippen LogP contribution in [0.3, 0.4) is 0 Å². The predicted molar refractivity (Wildman–Crippen MR) is 111 cm³/mol. The quantitative estimate of drug-likeness (QED) is 0.603. The van der Waals surface area contributed by atoms with E-state index in [9.17, 15) is 14.4 Å². The van der Waals surface area contributed by atoms with Crippen LogP contribution in [-0.4, -0.2) is 44.1 Å². The van der Waals surface area contributed by atoms with Crippen LogP contribution in [0.15, 0.2) is 48.5 Å². The van der Waals surface area contributed by atoms with E-state index in [0.29, 0.717) is 12.4 Å². The molecule has 158 valence electrons. The van der Waals surface area contributed by atoms with E-state index in [1.807, 2.05) is 24.3 Å². The molecule has 0 aromatic heterocycles. The van der Waals surface area contributed by atoms with Crippen LogP contribution in [0.2, 0.25) is 0 Å². The summed E-state index contributed by atoms with van der Waals surface area (Å²) in [7, 11) is 1.56. The summed E-state index contributed by atoms with van der Waals surface area (Å²) >= 11 is 0. The molecule has 1 saturated heterocycles. The van der Waals surface area contributed by atoms with Gasteiger partial charge in [0.15, 0.2) is 0 Å². The zero-order chi connectivity index (χ0) is 21.3. The summed E-state index contributed by atoms with van der Waals surface area (Å²) in [5, 5.41) is 7.88. The lowest BCUT2D eigenvalue weighted by Crippen LogP contribution is -2.39. The van der Waals surface area contributed by atoms with Gasteiger partial charge < -0.3 is 25.4 Å². The van der Waals surface area contributed by atoms with Gasteiger partial charge in [0.1, 0.15) is 5.75 Å². The van der Waals surface area contributed by atoms with E-state index in [1.54, 1.807) is 31.4 Å². The number of ether oxygens (including phenoxy) is 2. The SMILES string of the molecule is COc1ccccc1CNC(=O)c1ccccc1NC(=O)C(=O)NC[C@H]1CCCO1. The van der Waals surface area contributed by atoms with Crippen LogP contribution in [0.5, 0.6) is 5.75 Å². The fourth-order valence-corrected chi connectivity index (χ4v) is 3.18. The third-order valence-electron chi connectivity index (χ3n) is 4.77. The summed E-state index contributed by atoms with van der Waals surface area (Å²) in [4.78, 5) is 37.0. The van der Waals surface area contributed by atoms with Crippen molar-refractivity contribution in [3.05, 3.63) is 59.7 Å². The molecule has 0 aliphatic carbocycles. The average Bonchev–Trinajstić information content (AvgIpc) is 3.30. The minimum Gasteiger partial charge on any atom is -0.496 e. The number of hydrogen-bond acceptors (Lipinski definition) is 5. The van der Waals surface area contributed by atoms with Gasteiger partial charge in [-0.15, -0.1) is 0 Å². The second-order valence-electron chi connectivity index (χ2n) is 6.84. The Morgan fingerprint density at radius 3 is 2.57 bits per heavy atom. The molecule has 8 nitrogen and oxygen atoms in total. The Labute approximate surface area is 174 Å². The van der Waals surface area contributed by atoms with Crippen molar-refractivity contribution in [3.8, 4) is 5.75 Å². The molecule has 0 bridgehead atoms. The molecule has 1 aliphatic rings. The second kappa shape index (κ2) is 10.4. The maximum atomic E-state index is 12.7. The van der Waals surface area contributed by atoms with Crippen molar-refractivity contribution in [2.45, 2.75) is 25.5 Å². The lowest BCUT2D eigenvalue weighted by Gasteiger charge is -2.13. The molecular formula is C22H25N3O5. The summed E-state index contributed by atoms with van der Waals surface area (Å²) in [6.07, 6.45) is 1.75. The zero-order valence-electron chi connectivity index (χ0n) is 16.8. The molecule has 2 aromatic rings. The minimum absolute atomic E-state index is 0.0604. The van der Waals surface area contributed by atoms with Gasteiger partial charge in [-0.1, -0.05) is 30.3 Å². The molecule has 1 heterocycles. The van der Waals surface area contributed by atoms with Crippen molar-refractivity contribution < 1.29 is 23.9 Å². The Bertz CT molecular complexity index is 909. The Morgan fingerprint density at radius 1 is 1.03 bits per heavy atom. The maximum Gasteiger partial charge on any atom is 0.313 e. The van der Waals surface area contributed by atoms with Crippen LogP contribution in [0.4, 0.5) is 5.69 Å². The number of carbonyl (C=O) groups excluding carboxylic acids is 3. The van der Waals surface area contributed by atoms with Gasteiger partial charge in [-0.25, -0.2) is 0 Å². The Balaban J connectivity index is 1.59. The number of hydrogen-bond donors (Lipinski definition) is 3.